The molecule has 0 aliphatic heterocycles. The van der Waals surface area contributed by atoms with Gasteiger partial charge in [-0.25, -0.2) is 0 Å². The number of rotatable bonds is 3. The minimum atomic E-state index is -0.0852. The summed E-state index contributed by atoms with van der Waals surface area (Å²) >= 11 is 0. The van der Waals surface area contributed by atoms with Crippen LogP contribution in [0.15, 0.2) is 36.4 Å². The summed E-state index contributed by atoms with van der Waals surface area (Å²) in [5.41, 5.74) is 0.732. The van der Waals surface area contributed by atoms with E-state index in [1.165, 1.54) is 6.92 Å². The third kappa shape index (κ3) is 4.82. The molecule has 0 aromatic heterocycles. The molecule has 0 heterocycles. The molecule has 5 heteroatoms. The zero-order chi connectivity index (χ0) is 11.4. The Labute approximate surface area is 129 Å². The van der Waals surface area contributed by atoms with Crippen LogP contribution in [0, 0.1) is 0 Å². The molecule has 1 unspecified atom stereocenters. The van der Waals surface area contributed by atoms with Gasteiger partial charge in [0, 0.05) is 6.92 Å². The third-order valence-corrected chi connectivity index (χ3v) is 2.44. The van der Waals surface area contributed by atoms with Crippen molar-refractivity contribution < 1.29 is 44.6 Å². The quantitative estimate of drug-likeness (QED) is 0.590. The maximum Gasteiger partial charge on any atom is 1.00 e. The number of anilines is 1. The Morgan fingerprint density at radius 3 is 2.72 bits per heavy atom. The van der Waals surface area contributed by atoms with Gasteiger partial charge in [-0.05, 0) is 31.1 Å². The fraction of sp³-hybridized carbons (Fsp3) is 0.308. The van der Waals surface area contributed by atoms with E-state index in [9.17, 15) is 4.79 Å². The fourth-order valence-corrected chi connectivity index (χ4v) is 1.73. The first-order valence-corrected chi connectivity index (χ1v) is 5.45. The third-order valence-electron chi connectivity index (χ3n) is 2.44. The standard InChI is InChI=1S/C13H15NO2.Na.H2O/c1-10(15)14-12-8-4-5-9-13(12)16-11-6-2-3-7-11;;/h2,4-6,8-9,11H,3,7H2,1H3,(H,14,15);;1H2/q;+1;/p-1. The van der Waals surface area contributed by atoms with Gasteiger partial charge in [-0.2, -0.15) is 0 Å². The molecule has 0 bridgehead atoms. The van der Waals surface area contributed by atoms with Crippen molar-refractivity contribution in [1.29, 1.82) is 0 Å². The number of nitrogens with one attached hydrogen (secondary N) is 1. The number of hydrogen-bond donors (Lipinski definition) is 1. The summed E-state index contributed by atoms with van der Waals surface area (Å²) in [6.45, 7) is 1.49. The predicted octanol–water partition coefficient (Wildman–Crippen LogP) is -0.430. The summed E-state index contributed by atoms with van der Waals surface area (Å²) in [6.07, 6.45) is 6.38. The van der Waals surface area contributed by atoms with Crippen LogP contribution in [-0.4, -0.2) is 17.5 Å². The Kier molecular flexibility index (Phi) is 7.95. The van der Waals surface area contributed by atoms with E-state index in [-0.39, 0.29) is 47.0 Å². The second kappa shape index (κ2) is 8.32. The minimum absolute atomic E-state index is 0. The van der Waals surface area contributed by atoms with Gasteiger partial charge in [0.05, 0.1) is 5.69 Å². The summed E-state index contributed by atoms with van der Waals surface area (Å²) in [7, 11) is 0. The van der Waals surface area contributed by atoms with E-state index in [0.29, 0.717) is 0 Å². The molecule has 18 heavy (non-hydrogen) atoms. The van der Waals surface area contributed by atoms with Crippen LogP contribution in [0.1, 0.15) is 19.8 Å². The largest absolute Gasteiger partial charge is 1.00 e. The van der Waals surface area contributed by atoms with E-state index in [1.807, 2.05) is 24.3 Å². The topological polar surface area (TPSA) is 68.3 Å². The van der Waals surface area contributed by atoms with E-state index < -0.39 is 0 Å². The van der Waals surface area contributed by atoms with Gasteiger partial charge in [0.1, 0.15) is 11.9 Å². The number of carbonyl (C=O) groups is 1. The maximum absolute atomic E-state index is 11.0. The zero-order valence-electron chi connectivity index (χ0n) is 10.7. The average molecular weight is 257 g/mol. The van der Waals surface area contributed by atoms with Crippen molar-refractivity contribution in [3.63, 3.8) is 0 Å². The molecular weight excluding hydrogens is 241 g/mol. The van der Waals surface area contributed by atoms with Crippen LogP contribution in [0.3, 0.4) is 0 Å². The number of ether oxygens (including phenoxy) is 1. The molecule has 2 rings (SSSR count). The second-order valence-electron chi connectivity index (χ2n) is 3.84. The van der Waals surface area contributed by atoms with Gasteiger partial charge >= 0.3 is 29.6 Å². The maximum atomic E-state index is 11.0. The van der Waals surface area contributed by atoms with Crippen LogP contribution < -0.4 is 39.6 Å². The summed E-state index contributed by atoms with van der Waals surface area (Å²) < 4.78 is 5.81. The van der Waals surface area contributed by atoms with Crippen molar-refractivity contribution in [2.45, 2.75) is 25.9 Å². The Hall–Kier alpha value is -0.810. The normalized spacial score (nSPS) is 16.4. The first-order valence-electron chi connectivity index (χ1n) is 5.45. The van der Waals surface area contributed by atoms with Crippen molar-refractivity contribution in [3.05, 3.63) is 36.4 Å². The molecule has 92 valence electrons. The molecule has 1 aromatic rings. The van der Waals surface area contributed by atoms with Crippen LogP contribution in [0.4, 0.5) is 5.69 Å². The Morgan fingerprint density at radius 1 is 1.39 bits per heavy atom. The molecule has 1 atom stereocenters. The molecule has 2 N–H and O–H groups in total. The van der Waals surface area contributed by atoms with Gasteiger partial charge in [0.15, 0.2) is 0 Å². The number of amides is 1. The molecule has 1 aromatic carbocycles. The van der Waals surface area contributed by atoms with Gasteiger partial charge < -0.3 is 15.5 Å². The molecule has 1 amide bonds. The van der Waals surface area contributed by atoms with E-state index in [2.05, 4.69) is 17.5 Å². The summed E-state index contributed by atoms with van der Waals surface area (Å²) in [5.74, 6) is 0.646. The monoisotopic (exact) mass is 257 g/mol. The summed E-state index contributed by atoms with van der Waals surface area (Å²) in [4.78, 5) is 11.0. The van der Waals surface area contributed by atoms with Gasteiger partial charge in [-0.1, -0.05) is 18.2 Å². The van der Waals surface area contributed by atoms with Crippen LogP contribution in [-0.2, 0) is 4.79 Å². The van der Waals surface area contributed by atoms with Crippen LogP contribution in [0.2, 0.25) is 0 Å². The number of para-hydroxylation sites is 2. The summed E-state index contributed by atoms with van der Waals surface area (Å²) in [5, 5.41) is 2.76. The van der Waals surface area contributed by atoms with Gasteiger partial charge in [0.25, 0.3) is 0 Å². The zero-order valence-corrected chi connectivity index (χ0v) is 12.7. The SMILES string of the molecule is CC(=O)Nc1ccccc1OC1C=CCC1.[Na+].[OH-]. The predicted molar refractivity (Wildman–Crippen MR) is 65.5 cm³/mol. The van der Waals surface area contributed by atoms with Crippen molar-refractivity contribution in [2.75, 3.05) is 5.32 Å². The number of allylic oxidation sites excluding steroid dienone is 1. The minimum Gasteiger partial charge on any atom is -0.870 e. The first-order chi connectivity index (χ1) is 7.75. The van der Waals surface area contributed by atoms with Gasteiger partial charge in [-0.15, -0.1) is 0 Å². The van der Waals surface area contributed by atoms with Gasteiger partial charge in [0.2, 0.25) is 5.91 Å². The van der Waals surface area contributed by atoms with Crippen molar-refractivity contribution in [3.8, 4) is 5.75 Å². The molecule has 0 saturated heterocycles. The van der Waals surface area contributed by atoms with Crippen molar-refractivity contribution in [1.82, 2.24) is 0 Å². The van der Waals surface area contributed by atoms with E-state index in [4.69, 9.17) is 4.74 Å². The molecular formula is C13H16NNaO3. The molecule has 1 aliphatic rings. The number of carbonyl (C=O) groups excluding carboxylic acids is 1. The van der Waals surface area contributed by atoms with Crippen molar-refractivity contribution in [2.24, 2.45) is 0 Å². The Morgan fingerprint density at radius 2 is 2.11 bits per heavy atom. The van der Waals surface area contributed by atoms with E-state index in [0.717, 1.165) is 24.3 Å². The molecule has 0 saturated carbocycles. The molecule has 4 nitrogen and oxygen atoms in total. The van der Waals surface area contributed by atoms with Crippen molar-refractivity contribution >= 4 is 11.6 Å². The Bertz CT molecular complexity index is 420. The van der Waals surface area contributed by atoms with E-state index >= 15 is 0 Å². The molecule has 0 spiro atoms. The number of benzene rings is 1. The molecule has 0 radical (unpaired) electrons. The molecule has 0 fully saturated rings. The fourth-order valence-electron chi connectivity index (χ4n) is 1.73. The summed E-state index contributed by atoms with van der Waals surface area (Å²) in [6, 6.07) is 7.49. The van der Waals surface area contributed by atoms with Crippen LogP contribution >= 0.6 is 0 Å². The second-order valence-corrected chi connectivity index (χ2v) is 3.84. The Balaban J connectivity index is 0.00000144. The average Bonchev–Trinajstić information content (AvgIpc) is 2.73. The van der Waals surface area contributed by atoms with Gasteiger partial charge in [-0.3, -0.25) is 4.79 Å². The molecule has 1 aliphatic carbocycles. The van der Waals surface area contributed by atoms with Crippen LogP contribution in [0.25, 0.3) is 0 Å². The smallest absolute Gasteiger partial charge is 0.870 e. The van der Waals surface area contributed by atoms with Crippen LogP contribution in [0.5, 0.6) is 5.75 Å². The van der Waals surface area contributed by atoms with E-state index in [1.54, 1.807) is 0 Å². The number of hydrogen-bond acceptors (Lipinski definition) is 3. The first kappa shape index (κ1) is 17.2.